The minimum absolute atomic E-state index is 0.0359. The van der Waals surface area contributed by atoms with Gasteiger partial charge in [-0.1, -0.05) is 24.3 Å². The third kappa shape index (κ3) is 1.10. The van der Waals surface area contributed by atoms with Crippen LogP contribution in [0.2, 0.25) is 0 Å². The predicted octanol–water partition coefficient (Wildman–Crippen LogP) is 1.15. The molecule has 80 valence electrons. The maximum absolute atomic E-state index is 12.1. The van der Waals surface area contributed by atoms with Crippen LogP contribution in [0.15, 0.2) is 34.8 Å². The van der Waals surface area contributed by atoms with E-state index in [0.29, 0.717) is 29.1 Å². The van der Waals surface area contributed by atoms with Gasteiger partial charge in [0.25, 0.3) is 0 Å². The second-order valence-corrected chi connectivity index (χ2v) is 3.76. The Labute approximate surface area is 92.3 Å². The summed E-state index contributed by atoms with van der Waals surface area (Å²) in [5, 5.41) is 13.0. The van der Waals surface area contributed by atoms with Gasteiger partial charge in [-0.05, 0) is 0 Å². The molecule has 16 heavy (non-hydrogen) atoms. The smallest absolute Gasteiger partial charge is 0.201 e. The molecule has 0 fully saturated rings. The Hall–Kier alpha value is -2.10. The minimum Gasteiger partial charge on any atom is -0.506 e. The topological polar surface area (TPSA) is 61.7 Å². The monoisotopic (exact) mass is 214 g/mol. The summed E-state index contributed by atoms with van der Waals surface area (Å²) in [6, 6.07) is 7.05. The van der Waals surface area contributed by atoms with E-state index in [4.69, 9.17) is 0 Å². The summed E-state index contributed by atoms with van der Waals surface area (Å²) in [4.78, 5) is 16.2. The molecule has 0 saturated carbocycles. The molecule has 1 aromatic rings. The second-order valence-electron chi connectivity index (χ2n) is 3.76. The molecule has 2 N–H and O–H groups in total. The molecule has 0 unspecified atom stereocenters. The van der Waals surface area contributed by atoms with Crippen molar-refractivity contribution in [3.05, 3.63) is 41.0 Å². The highest BCUT2D eigenvalue weighted by Gasteiger charge is 2.33. The van der Waals surface area contributed by atoms with Crippen molar-refractivity contribution in [2.45, 2.75) is 0 Å². The number of Topliss-reactive ketones (excluding diaryl/α,β-unsaturated/α-hetero) is 1. The molecule has 0 atom stereocenters. The molecule has 4 heteroatoms. The van der Waals surface area contributed by atoms with Gasteiger partial charge >= 0.3 is 0 Å². The van der Waals surface area contributed by atoms with Crippen molar-refractivity contribution < 1.29 is 9.90 Å². The SMILES string of the molecule is O=C1C(C2=NCCN2)=C(O)c2ccccc21. The number of rotatable bonds is 1. The van der Waals surface area contributed by atoms with Gasteiger partial charge < -0.3 is 10.4 Å². The van der Waals surface area contributed by atoms with E-state index in [2.05, 4.69) is 10.3 Å². The van der Waals surface area contributed by atoms with Crippen molar-refractivity contribution in [1.29, 1.82) is 0 Å². The van der Waals surface area contributed by atoms with Crippen LogP contribution in [0, 0.1) is 0 Å². The zero-order chi connectivity index (χ0) is 11.1. The number of nitrogens with zero attached hydrogens (tertiary/aromatic N) is 1. The maximum Gasteiger partial charge on any atom is 0.201 e. The first kappa shape index (κ1) is 9.15. The number of ketones is 1. The first-order chi connectivity index (χ1) is 7.79. The molecule has 1 aliphatic carbocycles. The van der Waals surface area contributed by atoms with E-state index in [1.807, 2.05) is 0 Å². The third-order valence-electron chi connectivity index (χ3n) is 2.80. The number of hydrogen-bond acceptors (Lipinski definition) is 4. The number of aliphatic imine (C=N–C) groups is 1. The molecule has 0 aromatic heterocycles. The van der Waals surface area contributed by atoms with Gasteiger partial charge in [-0.25, -0.2) is 0 Å². The number of fused-ring (bicyclic) bond motifs is 1. The predicted molar refractivity (Wildman–Crippen MR) is 60.6 cm³/mol. The van der Waals surface area contributed by atoms with Gasteiger partial charge in [0.2, 0.25) is 5.78 Å². The molecular weight excluding hydrogens is 204 g/mol. The molecule has 0 spiro atoms. The number of hydrogen-bond donors (Lipinski definition) is 2. The van der Waals surface area contributed by atoms with E-state index >= 15 is 0 Å². The molecule has 1 aliphatic heterocycles. The highest BCUT2D eigenvalue weighted by atomic mass is 16.3. The number of aliphatic hydroxyl groups excluding tert-OH is 1. The van der Waals surface area contributed by atoms with E-state index in [1.165, 1.54) is 0 Å². The normalized spacial score (nSPS) is 18.5. The van der Waals surface area contributed by atoms with Gasteiger partial charge in [0.15, 0.2) is 0 Å². The summed E-state index contributed by atoms with van der Waals surface area (Å²) >= 11 is 0. The Morgan fingerprint density at radius 3 is 2.62 bits per heavy atom. The van der Waals surface area contributed by atoms with Crippen LogP contribution in [0.1, 0.15) is 15.9 Å². The molecule has 0 saturated heterocycles. The van der Waals surface area contributed by atoms with E-state index in [-0.39, 0.29) is 11.5 Å². The fourth-order valence-electron chi connectivity index (χ4n) is 2.05. The van der Waals surface area contributed by atoms with Crippen molar-refractivity contribution >= 4 is 17.4 Å². The van der Waals surface area contributed by atoms with Crippen LogP contribution in [0.25, 0.3) is 5.76 Å². The van der Waals surface area contributed by atoms with Crippen molar-refractivity contribution in [2.75, 3.05) is 13.1 Å². The lowest BCUT2D eigenvalue weighted by Gasteiger charge is -2.01. The summed E-state index contributed by atoms with van der Waals surface area (Å²) < 4.78 is 0. The molecule has 2 aliphatic rings. The van der Waals surface area contributed by atoms with Gasteiger partial charge in [0, 0.05) is 17.7 Å². The fraction of sp³-hybridized carbons (Fsp3) is 0.167. The summed E-state index contributed by atoms with van der Waals surface area (Å²) in [5.41, 5.74) is 1.45. The first-order valence-corrected chi connectivity index (χ1v) is 5.15. The van der Waals surface area contributed by atoms with Crippen molar-refractivity contribution in [3.8, 4) is 0 Å². The summed E-state index contributed by atoms with van der Waals surface area (Å²) in [6.45, 7) is 1.37. The summed E-state index contributed by atoms with van der Waals surface area (Å²) in [6.07, 6.45) is 0. The average Bonchev–Trinajstić information content (AvgIpc) is 2.89. The van der Waals surface area contributed by atoms with E-state index in [0.717, 1.165) is 6.54 Å². The van der Waals surface area contributed by atoms with E-state index < -0.39 is 0 Å². The molecule has 0 amide bonds. The number of aliphatic hydroxyl groups is 1. The molecule has 4 nitrogen and oxygen atoms in total. The van der Waals surface area contributed by atoms with Crippen LogP contribution in [-0.4, -0.2) is 29.8 Å². The molecule has 0 bridgehead atoms. The summed E-state index contributed by atoms with van der Waals surface area (Å²) in [7, 11) is 0. The van der Waals surface area contributed by atoms with Crippen LogP contribution in [-0.2, 0) is 0 Å². The Balaban J connectivity index is 2.16. The second kappa shape index (κ2) is 3.20. The molecule has 0 radical (unpaired) electrons. The first-order valence-electron chi connectivity index (χ1n) is 5.15. The fourth-order valence-corrected chi connectivity index (χ4v) is 2.05. The number of carbonyl (C=O) groups is 1. The van der Waals surface area contributed by atoms with Gasteiger partial charge in [0.05, 0.1) is 6.54 Å². The van der Waals surface area contributed by atoms with Crippen LogP contribution in [0.3, 0.4) is 0 Å². The van der Waals surface area contributed by atoms with Crippen LogP contribution in [0.5, 0.6) is 0 Å². The van der Waals surface area contributed by atoms with Crippen molar-refractivity contribution in [3.63, 3.8) is 0 Å². The molecule has 3 rings (SSSR count). The highest BCUT2D eigenvalue weighted by molar-refractivity contribution is 6.35. The maximum atomic E-state index is 12.1. The minimum atomic E-state index is -0.152. The molecular formula is C12H10N2O2. The Morgan fingerprint density at radius 2 is 2.00 bits per heavy atom. The molecule has 1 heterocycles. The molecule has 1 aromatic carbocycles. The highest BCUT2D eigenvalue weighted by Crippen LogP contribution is 2.31. The quantitative estimate of drug-likeness (QED) is 0.737. The van der Waals surface area contributed by atoms with Crippen LogP contribution < -0.4 is 5.32 Å². The van der Waals surface area contributed by atoms with Gasteiger partial charge in [-0.2, -0.15) is 0 Å². The van der Waals surface area contributed by atoms with Gasteiger partial charge in [-0.15, -0.1) is 0 Å². The van der Waals surface area contributed by atoms with Crippen molar-refractivity contribution in [2.24, 2.45) is 4.99 Å². The third-order valence-corrected chi connectivity index (χ3v) is 2.80. The Bertz CT molecular complexity index is 544. The van der Waals surface area contributed by atoms with Gasteiger partial charge in [0.1, 0.15) is 17.2 Å². The number of amidine groups is 1. The Morgan fingerprint density at radius 1 is 1.25 bits per heavy atom. The zero-order valence-corrected chi connectivity index (χ0v) is 8.53. The van der Waals surface area contributed by atoms with E-state index in [1.54, 1.807) is 24.3 Å². The zero-order valence-electron chi connectivity index (χ0n) is 8.53. The number of nitrogens with one attached hydrogen (secondary N) is 1. The number of benzene rings is 1. The standard InChI is InChI=1S/C12H10N2O2/c15-10-7-3-1-2-4-8(7)11(16)9(10)12-13-5-6-14-12/h1-4,15H,5-6H2,(H,13,14). The van der Waals surface area contributed by atoms with Crippen LogP contribution >= 0.6 is 0 Å². The van der Waals surface area contributed by atoms with Gasteiger partial charge in [-0.3, -0.25) is 9.79 Å². The van der Waals surface area contributed by atoms with E-state index in [9.17, 15) is 9.90 Å². The van der Waals surface area contributed by atoms with Crippen molar-refractivity contribution in [1.82, 2.24) is 5.32 Å². The lowest BCUT2D eigenvalue weighted by molar-refractivity contribution is 0.104. The van der Waals surface area contributed by atoms with Crippen LogP contribution in [0.4, 0.5) is 0 Å². The Kier molecular flexibility index (Phi) is 1.83. The number of carbonyl (C=O) groups excluding carboxylic acids is 1. The average molecular weight is 214 g/mol. The largest absolute Gasteiger partial charge is 0.506 e. The lowest BCUT2D eigenvalue weighted by Crippen LogP contribution is -2.23. The summed E-state index contributed by atoms with van der Waals surface area (Å²) in [5.74, 6) is 0.397. The lowest BCUT2D eigenvalue weighted by atomic mass is 10.1.